The van der Waals surface area contributed by atoms with Crippen LogP contribution in [0.3, 0.4) is 0 Å². The summed E-state index contributed by atoms with van der Waals surface area (Å²) in [6.07, 6.45) is -1.45. The summed E-state index contributed by atoms with van der Waals surface area (Å²) in [6, 6.07) is 6.66. The molecule has 2 aromatic carbocycles. The standard InChI is InChI=1S/C22H18F5NO3/c1-31-21(30)19(17-4-2-3-5-18(17)24)12-6-7-16(10-12)28-20(29)13-8-14(22(25,26)27)11-15(23)9-13/h2-9,11-12,16,19H,10H2,1H3,(H,28,29)/t12-,16-,19-/m0/s1. The predicted molar refractivity (Wildman–Crippen MR) is 101 cm³/mol. The molecule has 0 saturated carbocycles. The Hall–Kier alpha value is -3.23. The van der Waals surface area contributed by atoms with E-state index in [0.29, 0.717) is 18.2 Å². The summed E-state index contributed by atoms with van der Waals surface area (Å²) < 4.78 is 71.3. The van der Waals surface area contributed by atoms with E-state index in [9.17, 15) is 31.5 Å². The van der Waals surface area contributed by atoms with Crippen molar-refractivity contribution in [2.75, 3.05) is 7.11 Å². The zero-order valence-corrected chi connectivity index (χ0v) is 16.2. The van der Waals surface area contributed by atoms with Gasteiger partial charge in [0.05, 0.1) is 18.6 Å². The smallest absolute Gasteiger partial charge is 0.416 e. The van der Waals surface area contributed by atoms with E-state index < -0.39 is 58.7 Å². The highest BCUT2D eigenvalue weighted by atomic mass is 19.4. The summed E-state index contributed by atoms with van der Waals surface area (Å²) >= 11 is 0. The number of nitrogens with one attached hydrogen (secondary N) is 1. The highest BCUT2D eigenvalue weighted by Gasteiger charge is 2.36. The van der Waals surface area contributed by atoms with E-state index in [2.05, 4.69) is 5.32 Å². The molecular weight excluding hydrogens is 421 g/mol. The van der Waals surface area contributed by atoms with Gasteiger partial charge >= 0.3 is 12.1 Å². The van der Waals surface area contributed by atoms with E-state index in [1.54, 1.807) is 18.2 Å². The van der Waals surface area contributed by atoms with Crippen LogP contribution < -0.4 is 5.32 Å². The first kappa shape index (κ1) is 22.5. The normalized spacial score (nSPS) is 19.2. The Labute approximate surface area is 174 Å². The minimum Gasteiger partial charge on any atom is -0.469 e. The number of rotatable bonds is 5. The van der Waals surface area contributed by atoms with Crippen molar-refractivity contribution in [1.29, 1.82) is 0 Å². The quantitative estimate of drug-likeness (QED) is 0.421. The van der Waals surface area contributed by atoms with Gasteiger partial charge in [-0.3, -0.25) is 9.59 Å². The van der Waals surface area contributed by atoms with Crippen molar-refractivity contribution in [2.24, 2.45) is 5.92 Å². The molecule has 3 rings (SSSR count). The van der Waals surface area contributed by atoms with Crippen molar-refractivity contribution < 1.29 is 36.3 Å². The molecule has 3 atom stereocenters. The van der Waals surface area contributed by atoms with Gasteiger partial charge in [-0.1, -0.05) is 30.4 Å². The number of benzene rings is 2. The van der Waals surface area contributed by atoms with E-state index in [0.717, 1.165) is 0 Å². The molecule has 0 spiro atoms. The average molecular weight is 439 g/mol. The summed E-state index contributed by atoms with van der Waals surface area (Å²) in [5.74, 6) is -4.82. The van der Waals surface area contributed by atoms with Crippen molar-refractivity contribution >= 4 is 11.9 Å². The molecule has 0 saturated heterocycles. The van der Waals surface area contributed by atoms with Gasteiger partial charge in [0.25, 0.3) is 5.91 Å². The second kappa shape index (κ2) is 8.87. The SMILES string of the molecule is COC(=O)[C@H](c1ccccc1F)[C@H]1C=C[C@H](NC(=O)c2cc(F)cc(C(F)(F)F)c2)C1. The number of hydrogen-bond donors (Lipinski definition) is 1. The van der Waals surface area contributed by atoms with Crippen molar-refractivity contribution in [3.8, 4) is 0 Å². The van der Waals surface area contributed by atoms with Gasteiger partial charge in [-0.25, -0.2) is 8.78 Å². The van der Waals surface area contributed by atoms with Crippen LogP contribution in [-0.4, -0.2) is 25.0 Å². The number of amides is 1. The van der Waals surface area contributed by atoms with Crippen molar-refractivity contribution in [2.45, 2.75) is 24.6 Å². The van der Waals surface area contributed by atoms with Crippen LogP contribution in [-0.2, 0) is 15.7 Å². The highest BCUT2D eigenvalue weighted by Crippen LogP contribution is 2.36. The number of methoxy groups -OCH3 is 1. The number of alkyl halides is 3. The van der Waals surface area contributed by atoms with Crippen LogP contribution in [0.1, 0.15) is 33.8 Å². The van der Waals surface area contributed by atoms with Gasteiger partial charge in [0.15, 0.2) is 0 Å². The average Bonchev–Trinajstić information content (AvgIpc) is 3.16. The largest absolute Gasteiger partial charge is 0.469 e. The number of carbonyl (C=O) groups excluding carboxylic acids is 2. The maximum atomic E-state index is 14.3. The third-order valence-electron chi connectivity index (χ3n) is 5.04. The van der Waals surface area contributed by atoms with E-state index in [-0.39, 0.29) is 12.0 Å². The summed E-state index contributed by atoms with van der Waals surface area (Å²) in [7, 11) is 1.18. The number of carbonyl (C=O) groups is 2. The fourth-order valence-electron chi connectivity index (χ4n) is 3.60. The third kappa shape index (κ3) is 5.10. The fraction of sp³-hybridized carbons (Fsp3) is 0.273. The molecule has 1 aliphatic rings. The van der Waals surface area contributed by atoms with Gasteiger partial charge in [-0.2, -0.15) is 13.2 Å². The lowest BCUT2D eigenvalue weighted by molar-refractivity contribution is -0.143. The molecule has 164 valence electrons. The Balaban J connectivity index is 1.76. The third-order valence-corrected chi connectivity index (χ3v) is 5.04. The Bertz CT molecular complexity index is 1020. The lowest BCUT2D eigenvalue weighted by atomic mass is 9.85. The first-order chi connectivity index (χ1) is 14.6. The molecule has 0 fully saturated rings. The van der Waals surface area contributed by atoms with Gasteiger partial charge in [-0.05, 0) is 36.6 Å². The summed E-state index contributed by atoms with van der Waals surface area (Å²) in [6.45, 7) is 0. The second-order valence-electron chi connectivity index (χ2n) is 7.11. The first-order valence-corrected chi connectivity index (χ1v) is 9.29. The van der Waals surface area contributed by atoms with E-state index in [4.69, 9.17) is 4.74 Å². The van der Waals surface area contributed by atoms with Crippen molar-refractivity contribution in [3.05, 3.63) is 82.9 Å². The van der Waals surface area contributed by atoms with Gasteiger partial charge in [0.1, 0.15) is 11.6 Å². The molecule has 1 amide bonds. The Morgan fingerprint density at radius 1 is 1.10 bits per heavy atom. The van der Waals surface area contributed by atoms with Crippen LogP contribution in [0.4, 0.5) is 22.0 Å². The van der Waals surface area contributed by atoms with Crippen LogP contribution in [0.25, 0.3) is 0 Å². The molecule has 2 aromatic rings. The van der Waals surface area contributed by atoms with Crippen LogP contribution in [0.5, 0.6) is 0 Å². The number of hydrogen-bond acceptors (Lipinski definition) is 3. The van der Waals surface area contributed by atoms with Crippen molar-refractivity contribution in [3.63, 3.8) is 0 Å². The maximum Gasteiger partial charge on any atom is 0.416 e. The van der Waals surface area contributed by atoms with Crippen LogP contribution in [0.15, 0.2) is 54.6 Å². The van der Waals surface area contributed by atoms with Crippen LogP contribution in [0.2, 0.25) is 0 Å². The number of ether oxygens (including phenoxy) is 1. The molecule has 0 radical (unpaired) electrons. The van der Waals surface area contributed by atoms with E-state index in [1.807, 2.05) is 0 Å². The predicted octanol–water partition coefficient (Wildman–Crippen LogP) is 4.61. The molecule has 9 heteroatoms. The Morgan fingerprint density at radius 2 is 1.81 bits per heavy atom. The van der Waals surface area contributed by atoms with Gasteiger partial charge in [0, 0.05) is 17.2 Å². The molecular formula is C22H18F5NO3. The molecule has 31 heavy (non-hydrogen) atoms. The molecule has 0 bridgehead atoms. The summed E-state index contributed by atoms with van der Waals surface area (Å²) in [5.41, 5.74) is -1.62. The van der Waals surface area contributed by atoms with Gasteiger partial charge < -0.3 is 10.1 Å². The Morgan fingerprint density at radius 3 is 2.45 bits per heavy atom. The minimum atomic E-state index is -4.80. The Kier molecular flexibility index (Phi) is 6.42. The highest BCUT2D eigenvalue weighted by molar-refractivity contribution is 5.94. The molecule has 1 N–H and O–H groups in total. The first-order valence-electron chi connectivity index (χ1n) is 9.29. The molecule has 1 aliphatic carbocycles. The second-order valence-corrected chi connectivity index (χ2v) is 7.11. The van der Waals surface area contributed by atoms with Gasteiger partial charge in [0.2, 0.25) is 0 Å². The van der Waals surface area contributed by atoms with Crippen LogP contribution in [0, 0.1) is 17.6 Å². The number of halogens is 5. The van der Waals surface area contributed by atoms with Crippen LogP contribution >= 0.6 is 0 Å². The number of allylic oxidation sites excluding steroid dienone is 1. The number of esters is 1. The zero-order chi connectivity index (χ0) is 22.8. The molecule has 0 aliphatic heterocycles. The molecule has 0 heterocycles. The topological polar surface area (TPSA) is 55.4 Å². The lowest BCUT2D eigenvalue weighted by Gasteiger charge is -2.22. The monoisotopic (exact) mass is 439 g/mol. The minimum absolute atomic E-state index is 0.135. The lowest BCUT2D eigenvalue weighted by Crippen LogP contribution is -2.34. The fourth-order valence-corrected chi connectivity index (χ4v) is 3.60. The van der Waals surface area contributed by atoms with E-state index in [1.165, 1.54) is 25.3 Å². The summed E-state index contributed by atoms with van der Waals surface area (Å²) in [5, 5.41) is 2.50. The molecule has 4 nitrogen and oxygen atoms in total. The summed E-state index contributed by atoms with van der Waals surface area (Å²) in [4.78, 5) is 24.7. The molecule has 0 unspecified atom stereocenters. The van der Waals surface area contributed by atoms with Crippen molar-refractivity contribution in [1.82, 2.24) is 5.32 Å². The zero-order valence-electron chi connectivity index (χ0n) is 16.2. The van der Waals surface area contributed by atoms with Gasteiger partial charge in [-0.15, -0.1) is 0 Å². The molecule has 0 aromatic heterocycles. The van der Waals surface area contributed by atoms with E-state index >= 15 is 0 Å². The maximum absolute atomic E-state index is 14.3.